The summed E-state index contributed by atoms with van der Waals surface area (Å²) < 4.78 is 6.49. The summed E-state index contributed by atoms with van der Waals surface area (Å²) in [5.41, 5.74) is 0.850. The Hall–Kier alpha value is -0.0800. The molecule has 0 aromatic heterocycles. The first-order valence-corrected chi connectivity index (χ1v) is 7.38. The van der Waals surface area contributed by atoms with Gasteiger partial charge in [-0.15, -0.1) is 0 Å². The molecule has 2 nitrogen and oxygen atoms in total. The third-order valence-corrected chi connectivity index (χ3v) is 4.85. The van der Waals surface area contributed by atoms with Crippen molar-refractivity contribution in [3.05, 3.63) is 0 Å². The van der Waals surface area contributed by atoms with Gasteiger partial charge in [0.1, 0.15) is 5.72 Å². The van der Waals surface area contributed by atoms with Crippen molar-refractivity contribution in [2.24, 2.45) is 16.2 Å². The molecule has 2 rings (SSSR count). The lowest BCUT2D eigenvalue weighted by Crippen LogP contribution is -2.65. The lowest BCUT2D eigenvalue weighted by atomic mass is 9.61. The quantitative estimate of drug-likeness (QED) is 0.705. The summed E-state index contributed by atoms with van der Waals surface area (Å²) in [5, 5.41) is 3.74. The maximum Gasteiger partial charge on any atom is 0.120 e. The Labute approximate surface area is 113 Å². The van der Waals surface area contributed by atoms with Gasteiger partial charge < -0.3 is 4.74 Å². The van der Waals surface area contributed by atoms with E-state index in [0.717, 1.165) is 19.4 Å². The van der Waals surface area contributed by atoms with Crippen LogP contribution in [0.25, 0.3) is 0 Å². The lowest BCUT2D eigenvalue weighted by molar-refractivity contribution is -0.226. The standard InChI is InChI=1S/C16H31NO/c1-12-15(6,7)11-17-16(18-12)9-13(2,3)8-14(4,5)10-16/h12,17H,8-11H2,1-7H3. The van der Waals surface area contributed by atoms with Crippen LogP contribution in [0.5, 0.6) is 0 Å². The number of ether oxygens (including phenoxy) is 1. The van der Waals surface area contributed by atoms with Crippen LogP contribution in [0.4, 0.5) is 0 Å². The third-order valence-electron chi connectivity index (χ3n) is 4.85. The Morgan fingerprint density at radius 1 is 0.889 bits per heavy atom. The van der Waals surface area contributed by atoms with E-state index >= 15 is 0 Å². The Morgan fingerprint density at radius 2 is 1.39 bits per heavy atom. The van der Waals surface area contributed by atoms with Crippen molar-refractivity contribution < 1.29 is 4.74 Å². The molecule has 2 aliphatic rings. The lowest BCUT2D eigenvalue weighted by Gasteiger charge is -2.57. The van der Waals surface area contributed by atoms with E-state index in [1.165, 1.54) is 6.42 Å². The Kier molecular flexibility index (Phi) is 3.15. The number of hydrogen-bond donors (Lipinski definition) is 1. The molecular formula is C16H31NO. The van der Waals surface area contributed by atoms with Crippen LogP contribution in [0.1, 0.15) is 67.7 Å². The maximum atomic E-state index is 6.49. The van der Waals surface area contributed by atoms with E-state index in [-0.39, 0.29) is 11.1 Å². The molecule has 0 radical (unpaired) electrons. The first-order valence-electron chi connectivity index (χ1n) is 7.38. The van der Waals surface area contributed by atoms with Gasteiger partial charge in [0.05, 0.1) is 6.10 Å². The van der Waals surface area contributed by atoms with Gasteiger partial charge in [0.25, 0.3) is 0 Å². The van der Waals surface area contributed by atoms with E-state index in [2.05, 4.69) is 53.8 Å². The molecule has 106 valence electrons. The maximum absolute atomic E-state index is 6.49. The molecule has 1 aliphatic carbocycles. The first kappa shape index (κ1) is 14.3. The van der Waals surface area contributed by atoms with Crippen molar-refractivity contribution in [1.82, 2.24) is 5.32 Å². The highest BCUT2D eigenvalue weighted by Crippen LogP contribution is 2.52. The summed E-state index contributed by atoms with van der Waals surface area (Å²) in [4.78, 5) is 0. The normalized spacial score (nSPS) is 36.5. The Bertz CT molecular complexity index is 314. The van der Waals surface area contributed by atoms with Crippen molar-refractivity contribution in [3.63, 3.8) is 0 Å². The van der Waals surface area contributed by atoms with Crippen LogP contribution in [-0.4, -0.2) is 18.4 Å². The monoisotopic (exact) mass is 253 g/mol. The molecule has 2 heteroatoms. The molecule has 1 atom stereocenters. The zero-order chi connectivity index (χ0) is 13.8. The molecule has 0 bridgehead atoms. The van der Waals surface area contributed by atoms with Gasteiger partial charge in [-0.2, -0.15) is 0 Å². The van der Waals surface area contributed by atoms with E-state index < -0.39 is 0 Å². The number of rotatable bonds is 0. The molecule has 2 fully saturated rings. The number of hydrogen-bond acceptors (Lipinski definition) is 2. The van der Waals surface area contributed by atoms with E-state index in [1.54, 1.807) is 0 Å². The predicted molar refractivity (Wildman–Crippen MR) is 76.5 cm³/mol. The summed E-state index contributed by atoms with van der Waals surface area (Å²) in [7, 11) is 0. The summed E-state index contributed by atoms with van der Waals surface area (Å²) in [6, 6.07) is 0. The fraction of sp³-hybridized carbons (Fsp3) is 1.00. The second kappa shape index (κ2) is 3.96. The zero-order valence-corrected chi connectivity index (χ0v) is 13.3. The van der Waals surface area contributed by atoms with Crippen molar-refractivity contribution in [2.75, 3.05) is 6.54 Å². The third kappa shape index (κ3) is 2.75. The molecule has 1 saturated heterocycles. The van der Waals surface area contributed by atoms with Crippen LogP contribution in [0.15, 0.2) is 0 Å². The van der Waals surface area contributed by atoms with E-state index in [4.69, 9.17) is 4.74 Å². The highest BCUT2D eigenvalue weighted by atomic mass is 16.5. The van der Waals surface area contributed by atoms with E-state index in [9.17, 15) is 0 Å². The van der Waals surface area contributed by atoms with Crippen LogP contribution in [0, 0.1) is 16.2 Å². The summed E-state index contributed by atoms with van der Waals surface area (Å²) in [5.74, 6) is 0. The van der Waals surface area contributed by atoms with Gasteiger partial charge in [-0.3, -0.25) is 5.32 Å². The van der Waals surface area contributed by atoms with Gasteiger partial charge in [0.15, 0.2) is 0 Å². The van der Waals surface area contributed by atoms with Gasteiger partial charge in [-0.05, 0) is 37.0 Å². The van der Waals surface area contributed by atoms with Crippen LogP contribution in [0.2, 0.25) is 0 Å². The summed E-state index contributed by atoms with van der Waals surface area (Å²) in [6.07, 6.45) is 3.86. The molecule has 1 heterocycles. The molecule has 1 unspecified atom stereocenters. The minimum Gasteiger partial charge on any atom is -0.357 e. The van der Waals surface area contributed by atoms with Crippen molar-refractivity contribution in [2.45, 2.75) is 79.6 Å². The van der Waals surface area contributed by atoms with E-state index in [0.29, 0.717) is 16.9 Å². The first-order chi connectivity index (χ1) is 7.96. The largest absolute Gasteiger partial charge is 0.357 e. The molecule has 18 heavy (non-hydrogen) atoms. The van der Waals surface area contributed by atoms with Crippen molar-refractivity contribution in [1.29, 1.82) is 0 Å². The molecule has 0 aromatic rings. The fourth-order valence-electron chi connectivity index (χ4n) is 4.31. The molecule has 0 aromatic carbocycles. The highest BCUT2D eigenvalue weighted by molar-refractivity contribution is 5.01. The molecule has 1 spiro atoms. The van der Waals surface area contributed by atoms with Gasteiger partial charge in [-0.25, -0.2) is 0 Å². The molecule has 0 amide bonds. The van der Waals surface area contributed by atoms with Gasteiger partial charge in [0.2, 0.25) is 0 Å². The van der Waals surface area contributed by atoms with Crippen LogP contribution < -0.4 is 5.32 Å². The predicted octanol–water partition coefficient (Wildman–Crippen LogP) is 3.95. The minimum absolute atomic E-state index is 0.0970. The van der Waals surface area contributed by atoms with Gasteiger partial charge in [-0.1, -0.05) is 41.5 Å². The molecule has 1 saturated carbocycles. The smallest absolute Gasteiger partial charge is 0.120 e. The summed E-state index contributed by atoms with van der Waals surface area (Å²) in [6.45, 7) is 17.4. The fourth-order valence-corrected chi connectivity index (χ4v) is 4.31. The molecular weight excluding hydrogens is 222 g/mol. The Balaban J connectivity index is 2.22. The van der Waals surface area contributed by atoms with Gasteiger partial charge in [0, 0.05) is 12.0 Å². The van der Waals surface area contributed by atoms with Crippen LogP contribution in [-0.2, 0) is 4.74 Å². The van der Waals surface area contributed by atoms with Gasteiger partial charge >= 0.3 is 0 Å². The topological polar surface area (TPSA) is 21.3 Å². The van der Waals surface area contributed by atoms with Crippen LogP contribution in [0.3, 0.4) is 0 Å². The zero-order valence-electron chi connectivity index (χ0n) is 13.3. The van der Waals surface area contributed by atoms with Crippen LogP contribution >= 0.6 is 0 Å². The molecule has 1 N–H and O–H groups in total. The van der Waals surface area contributed by atoms with E-state index in [1.807, 2.05) is 0 Å². The Morgan fingerprint density at radius 3 is 1.83 bits per heavy atom. The second-order valence-electron chi connectivity index (χ2n) is 8.96. The highest BCUT2D eigenvalue weighted by Gasteiger charge is 2.52. The van der Waals surface area contributed by atoms with Crippen molar-refractivity contribution in [3.8, 4) is 0 Å². The molecule has 1 aliphatic heterocycles. The average Bonchev–Trinajstić information content (AvgIpc) is 2.07. The second-order valence-corrected chi connectivity index (χ2v) is 8.96. The SMILES string of the molecule is CC1OC2(CC(C)(C)CC(C)(C)C2)NCC1(C)C. The van der Waals surface area contributed by atoms with Crippen molar-refractivity contribution >= 4 is 0 Å². The average molecular weight is 253 g/mol. The summed E-state index contributed by atoms with van der Waals surface area (Å²) >= 11 is 0. The number of nitrogens with one attached hydrogen (secondary N) is 1. The minimum atomic E-state index is -0.0970.